The van der Waals surface area contributed by atoms with E-state index < -0.39 is 34.8 Å². The molecule has 3 N–H and O–H groups in total. The second-order valence-electron chi connectivity index (χ2n) is 15.9. The molecule has 3 atom stereocenters. The van der Waals surface area contributed by atoms with Crippen LogP contribution < -0.4 is 9.13 Å². The van der Waals surface area contributed by atoms with Gasteiger partial charge in [-0.25, -0.2) is 23.1 Å². The lowest BCUT2D eigenvalue weighted by molar-refractivity contribution is -0.703. The normalized spacial score (nSPS) is 15.0. The van der Waals surface area contributed by atoms with Crippen LogP contribution in [0, 0.1) is 0 Å². The van der Waals surface area contributed by atoms with E-state index in [1.165, 1.54) is 0 Å². The molecule has 1 aliphatic rings. The van der Waals surface area contributed by atoms with Crippen LogP contribution in [0.15, 0.2) is 49.8 Å². The Balaban J connectivity index is 1.19. The first-order valence-electron chi connectivity index (χ1n) is 20.1. The van der Waals surface area contributed by atoms with Crippen LogP contribution in [0.1, 0.15) is 26.2 Å². The number of aliphatic hydroxyl groups excluding tert-OH is 3. The third-order valence-electron chi connectivity index (χ3n) is 9.11. The summed E-state index contributed by atoms with van der Waals surface area (Å²) in [5, 5.41) is 31.0. The van der Waals surface area contributed by atoms with Crippen molar-refractivity contribution in [2.45, 2.75) is 102 Å². The monoisotopic (exact) mass is 842 g/mol. The van der Waals surface area contributed by atoms with E-state index in [1.807, 2.05) is 63.7 Å². The van der Waals surface area contributed by atoms with Crippen molar-refractivity contribution in [3.63, 3.8) is 0 Å². The molecule has 57 heavy (non-hydrogen) atoms. The van der Waals surface area contributed by atoms with Gasteiger partial charge in [0.25, 0.3) is 0 Å². The quantitative estimate of drug-likeness (QED) is 0.0425. The summed E-state index contributed by atoms with van der Waals surface area (Å²) in [5.74, 6) is -0.749. The summed E-state index contributed by atoms with van der Waals surface area (Å²) in [6.45, 7) is 15.2. The molecule has 1 aliphatic heterocycles. The second-order valence-corrected chi connectivity index (χ2v) is 24.8. The molecule has 3 rings (SSSR count). The summed E-state index contributed by atoms with van der Waals surface area (Å²) < 4.78 is 41.2. The molecule has 3 unspecified atom stereocenters. The van der Waals surface area contributed by atoms with E-state index in [0.717, 1.165) is 24.9 Å². The van der Waals surface area contributed by atoms with Crippen molar-refractivity contribution in [3.05, 3.63) is 49.8 Å². The van der Waals surface area contributed by atoms with Crippen LogP contribution >= 0.6 is 0 Å². The van der Waals surface area contributed by atoms with Crippen molar-refractivity contribution in [3.8, 4) is 0 Å². The minimum atomic E-state index is -1.85. The van der Waals surface area contributed by atoms with Gasteiger partial charge in [-0.05, 0) is 57.5 Å². The average Bonchev–Trinajstić information content (AvgIpc) is 3.88. The van der Waals surface area contributed by atoms with Crippen LogP contribution in [-0.4, -0.2) is 154 Å². The van der Waals surface area contributed by atoms with Gasteiger partial charge in [0, 0.05) is 32.2 Å². The van der Waals surface area contributed by atoms with Gasteiger partial charge in [-0.3, -0.25) is 4.79 Å². The van der Waals surface area contributed by atoms with Gasteiger partial charge in [0.1, 0.15) is 69.8 Å². The van der Waals surface area contributed by atoms with E-state index in [2.05, 4.69) is 26.2 Å². The first-order chi connectivity index (χ1) is 27.1. The molecule has 324 valence electrons. The summed E-state index contributed by atoms with van der Waals surface area (Å²) in [6.07, 6.45) is 15.4. The number of hydrogen-bond acceptors (Lipinski definition) is 13. The number of aromatic nitrogens is 4. The van der Waals surface area contributed by atoms with Crippen molar-refractivity contribution in [2.24, 2.45) is 7.05 Å². The van der Waals surface area contributed by atoms with Gasteiger partial charge in [-0.15, -0.1) is 0 Å². The van der Waals surface area contributed by atoms with E-state index >= 15 is 0 Å². The number of aryl methyl sites for hydroxylation is 1. The highest BCUT2D eigenvalue weighted by Gasteiger charge is 2.32. The summed E-state index contributed by atoms with van der Waals surface area (Å²) in [6, 6.07) is 2.02. The molecule has 0 saturated heterocycles. The topological polar surface area (TPSA) is 174 Å². The molecule has 0 amide bonds. The predicted octanol–water partition coefficient (Wildman–Crippen LogP) is 0.984. The van der Waals surface area contributed by atoms with Gasteiger partial charge in [-0.1, -0.05) is 6.92 Å². The third kappa shape index (κ3) is 21.4. The number of esters is 2. The van der Waals surface area contributed by atoms with E-state index in [9.17, 15) is 24.9 Å². The van der Waals surface area contributed by atoms with Gasteiger partial charge in [0.05, 0.1) is 46.2 Å². The zero-order valence-corrected chi connectivity index (χ0v) is 37.1. The number of β-amino-alcohol motifs (C(OH)–C–C–N with tert-alkyl or cyclic N) is 1. The minimum Gasteiger partial charge on any atom is -0.462 e. The summed E-state index contributed by atoms with van der Waals surface area (Å²) in [5.41, 5.74) is 0. The fraction of sp³-hybridized carbons (Fsp3) is 0.737. The molecule has 0 fully saturated rings. The highest BCUT2D eigenvalue weighted by atomic mass is 28.4. The first kappa shape index (κ1) is 48.2. The Hall–Kier alpha value is -3.15. The van der Waals surface area contributed by atoms with Crippen molar-refractivity contribution in [2.75, 3.05) is 72.6 Å². The van der Waals surface area contributed by atoms with Gasteiger partial charge in [0.2, 0.25) is 12.7 Å². The lowest BCUT2D eigenvalue weighted by Gasteiger charge is -2.34. The number of carbonyl (C=O) groups is 2. The number of hydrogen-bond donors (Lipinski definition) is 3. The molecule has 0 spiro atoms. The number of ether oxygens (including phenoxy) is 5. The molecule has 0 bridgehead atoms. The molecule has 3 heterocycles. The number of aliphatic hydroxyl groups is 3. The highest BCUT2D eigenvalue weighted by molar-refractivity contribution is 6.84. The summed E-state index contributed by atoms with van der Waals surface area (Å²) in [4.78, 5) is 27.9. The molecule has 2 aromatic heterocycles. The van der Waals surface area contributed by atoms with Gasteiger partial charge in [0.15, 0.2) is 23.2 Å². The molecule has 0 aliphatic carbocycles. The maximum absolute atomic E-state index is 12.3. The molecular weight excluding hydrogens is 773 g/mol. The van der Waals surface area contributed by atoms with Gasteiger partial charge in [-0.2, -0.15) is 0 Å². The van der Waals surface area contributed by atoms with Crippen LogP contribution in [0.5, 0.6) is 0 Å². The Bertz CT molecular complexity index is 1480. The maximum atomic E-state index is 12.3. The highest BCUT2D eigenvalue weighted by Crippen LogP contribution is 2.24. The largest absolute Gasteiger partial charge is 0.462 e. The van der Waals surface area contributed by atoms with Crippen molar-refractivity contribution in [1.29, 1.82) is 0 Å². The Morgan fingerprint density at radius 1 is 0.702 bits per heavy atom. The van der Waals surface area contributed by atoms with E-state index in [0.29, 0.717) is 52.5 Å². The molecule has 19 heteroatoms. The Morgan fingerprint density at radius 3 is 1.91 bits per heavy atom. The molecule has 0 aromatic carbocycles. The van der Waals surface area contributed by atoms with Crippen LogP contribution in [0.4, 0.5) is 0 Å². The van der Waals surface area contributed by atoms with Crippen molar-refractivity contribution >= 4 is 28.6 Å². The Labute approximate surface area is 340 Å². The number of nitrogens with zero attached hydrogens (tertiary/aromatic N) is 6. The zero-order chi connectivity index (χ0) is 41.7. The number of imidazole rings is 2. The minimum absolute atomic E-state index is 0.0687. The number of carbonyl (C=O) groups excluding carboxylic acids is 2. The van der Waals surface area contributed by atoms with E-state index in [4.69, 9.17) is 27.8 Å². The first-order valence-corrected chi connectivity index (χ1v) is 26.4. The predicted molar refractivity (Wildman–Crippen MR) is 215 cm³/mol. The second kappa shape index (κ2) is 25.4. The average molecular weight is 843 g/mol. The van der Waals surface area contributed by atoms with Crippen molar-refractivity contribution < 1.29 is 61.8 Å². The molecule has 2 aromatic rings. The van der Waals surface area contributed by atoms with Crippen LogP contribution in [-0.2, 0) is 64.1 Å². The van der Waals surface area contributed by atoms with Crippen LogP contribution in [0.2, 0.25) is 38.3 Å². The SMILES string of the molecule is CCC(O)COCCC[Si](C)(C)O[Si](C)(C)CCCOCC(O)Cn1cc[n+](CC(O)CN2C=CN(CC(=O)OCCOCCOC(=O)Cn3cc[n+](C)c3)C2)c1. The number of rotatable bonds is 31. The molecule has 0 radical (unpaired) electrons. The molecule has 0 saturated carbocycles. The van der Waals surface area contributed by atoms with Gasteiger partial charge < -0.3 is 52.9 Å². The van der Waals surface area contributed by atoms with Crippen molar-refractivity contribution in [1.82, 2.24) is 18.9 Å². The summed E-state index contributed by atoms with van der Waals surface area (Å²) in [7, 11) is -1.80. The van der Waals surface area contributed by atoms with E-state index in [-0.39, 0.29) is 58.2 Å². The fourth-order valence-corrected chi connectivity index (χ4v) is 15.2. The fourth-order valence-electron chi connectivity index (χ4n) is 6.40. The maximum Gasteiger partial charge on any atom is 0.348 e. The molecule has 17 nitrogen and oxygen atoms in total. The van der Waals surface area contributed by atoms with Crippen LogP contribution in [0.25, 0.3) is 0 Å². The van der Waals surface area contributed by atoms with Gasteiger partial charge >= 0.3 is 11.9 Å². The third-order valence-corrected chi connectivity index (χ3v) is 16.7. The Morgan fingerprint density at radius 2 is 1.30 bits per heavy atom. The zero-order valence-electron chi connectivity index (χ0n) is 35.1. The lowest BCUT2D eigenvalue weighted by atomic mass is 10.3. The smallest absolute Gasteiger partial charge is 0.348 e. The lowest BCUT2D eigenvalue weighted by Crippen LogP contribution is -2.44. The standard InChI is InChI=1S/C38H70N6O11Si2/c1-7-34(45)29-51-16-8-22-56(3,4)55-57(5,6)23-9-17-52-30-36(47)26-42-13-12-40(32-42)24-35(46)25-41-14-15-44(33-41)28-38(49)54-21-19-50-18-20-53-37(48)27-43-11-10-39(2)31-43/h10-15,31-32,34-36,45-47H,7-9,16-30,33H2,1-6H3/q+2. The Kier molecular flexibility index (Phi) is 21.5. The molecular formula is C38H70N6O11Si2+2. The van der Waals surface area contributed by atoms with Crippen LogP contribution in [0.3, 0.4) is 0 Å². The summed E-state index contributed by atoms with van der Waals surface area (Å²) >= 11 is 0. The van der Waals surface area contributed by atoms with E-state index in [1.54, 1.807) is 28.2 Å².